The van der Waals surface area contributed by atoms with Gasteiger partial charge in [0.05, 0.1) is 10.9 Å². The van der Waals surface area contributed by atoms with Crippen LogP contribution in [0.4, 0.5) is 0 Å². The summed E-state index contributed by atoms with van der Waals surface area (Å²) in [5, 5.41) is 11.8. The number of carbonyl (C=O) groups is 3. The largest absolute Gasteiger partial charge is 0.480 e. The van der Waals surface area contributed by atoms with Crippen LogP contribution in [0.1, 0.15) is 39.2 Å². The smallest absolute Gasteiger partial charge is 0.326 e. The van der Waals surface area contributed by atoms with Crippen molar-refractivity contribution in [2.75, 3.05) is 13.1 Å². The van der Waals surface area contributed by atoms with E-state index in [0.717, 1.165) is 5.56 Å². The minimum Gasteiger partial charge on any atom is -0.480 e. The predicted molar refractivity (Wildman–Crippen MR) is 115 cm³/mol. The monoisotopic (exact) mass is 453 g/mol. The highest BCUT2D eigenvalue weighted by Gasteiger charge is 2.33. The van der Waals surface area contributed by atoms with Crippen LogP contribution < -0.4 is 10.0 Å². The molecule has 2 atom stereocenters. The van der Waals surface area contributed by atoms with Gasteiger partial charge in [-0.05, 0) is 44.7 Å². The van der Waals surface area contributed by atoms with Gasteiger partial charge in [0.2, 0.25) is 21.8 Å². The number of piperidine rings is 1. The summed E-state index contributed by atoms with van der Waals surface area (Å²) in [5.74, 6) is -2.40. The van der Waals surface area contributed by atoms with E-state index in [0.29, 0.717) is 25.9 Å². The molecule has 2 amide bonds. The van der Waals surface area contributed by atoms with E-state index in [9.17, 15) is 27.9 Å². The number of carboxylic acid groups (broad SMARTS) is 1. The van der Waals surface area contributed by atoms with E-state index in [4.69, 9.17) is 0 Å². The van der Waals surface area contributed by atoms with Crippen molar-refractivity contribution < 1.29 is 27.9 Å². The molecule has 31 heavy (non-hydrogen) atoms. The first-order valence-electron chi connectivity index (χ1n) is 10.3. The molecule has 1 fully saturated rings. The number of rotatable bonds is 8. The van der Waals surface area contributed by atoms with Gasteiger partial charge in [-0.1, -0.05) is 31.5 Å². The van der Waals surface area contributed by atoms with Crippen LogP contribution in [-0.4, -0.2) is 61.4 Å². The summed E-state index contributed by atoms with van der Waals surface area (Å²) in [6.07, 6.45) is 0.777. The molecule has 3 N–H and O–H groups in total. The first-order valence-corrected chi connectivity index (χ1v) is 11.8. The molecule has 0 saturated carbocycles. The fraction of sp³-hybridized carbons (Fsp3) is 0.571. The van der Waals surface area contributed by atoms with Crippen molar-refractivity contribution in [2.24, 2.45) is 11.8 Å². The van der Waals surface area contributed by atoms with Gasteiger partial charge in [-0.25, -0.2) is 13.2 Å². The first kappa shape index (κ1) is 24.8. The lowest BCUT2D eigenvalue weighted by Crippen LogP contribution is -2.52. The number of benzene rings is 1. The highest BCUT2D eigenvalue weighted by molar-refractivity contribution is 7.89. The third kappa shape index (κ3) is 6.51. The topological polar surface area (TPSA) is 133 Å². The molecular weight excluding hydrogens is 422 g/mol. The average molecular weight is 454 g/mol. The minimum atomic E-state index is -3.83. The van der Waals surface area contributed by atoms with Gasteiger partial charge in [-0.3, -0.25) is 9.59 Å². The molecule has 1 aromatic carbocycles. The van der Waals surface area contributed by atoms with Crippen LogP contribution in [0.15, 0.2) is 29.2 Å². The molecule has 1 aliphatic heterocycles. The second-order valence-electron chi connectivity index (χ2n) is 8.32. The quantitative estimate of drug-likeness (QED) is 0.540. The fourth-order valence-electron chi connectivity index (χ4n) is 3.49. The Hall–Kier alpha value is -2.46. The Morgan fingerprint density at radius 1 is 1.06 bits per heavy atom. The number of hydrogen-bond donors (Lipinski definition) is 3. The normalized spacial score (nSPS) is 17.3. The number of aliphatic carboxylic acids is 1. The number of aryl methyl sites for hydroxylation is 1. The zero-order chi connectivity index (χ0) is 23.3. The molecule has 1 saturated heterocycles. The van der Waals surface area contributed by atoms with E-state index in [-0.39, 0.29) is 28.5 Å². The molecule has 0 radical (unpaired) electrons. The molecule has 1 heterocycles. The maximum atomic E-state index is 12.7. The molecule has 10 heteroatoms. The Labute approximate surface area is 183 Å². The summed E-state index contributed by atoms with van der Waals surface area (Å²) in [5.41, 5.74) is 0.929. The lowest BCUT2D eigenvalue weighted by Gasteiger charge is -2.33. The number of nitrogens with one attached hydrogen (secondary N) is 2. The molecule has 2 rings (SSSR count). The number of likely N-dealkylation sites (tertiary alicyclic amines) is 1. The molecule has 0 unspecified atom stereocenters. The molecule has 0 spiro atoms. The Kier molecular flexibility index (Phi) is 8.19. The van der Waals surface area contributed by atoms with E-state index in [1.807, 2.05) is 6.92 Å². The van der Waals surface area contributed by atoms with Crippen LogP contribution in [-0.2, 0) is 24.4 Å². The van der Waals surface area contributed by atoms with Crippen molar-refractivity contribution in [3.63, 3.8) is 0 Å². The van der Waals surface area contributed by atoms with Crippen LogP contribution in [0.5, 0.6) is 0 Å². The van der Waals surface area contributed by atoms with Crippen LogP contribution >= 0.6 is 0 Å². The van der Waals surface area contributed by atoms with Gasteiger partial charge in [0, 0.05) is 19.0 Å². The van der Waals surface area contributed by atoms with E-state index in [1.54, 1.807) is 26.0 Å². The number of nitrogens with zero attached hydrogens (tertiary/aromatic N) is 1. The average Bonchev–Trinajstić information content (AvgIpc) is 2.70. The van der Waals surface area contributed by atoms with Crippen molar-refractivity contribution in [1.82, 2.24) is 14.9 Å². The molecule has 172 valence electrons. The SMILES string of the molecule is Cc1ccc(S(=O)(=O)N[C@@H](C)C(=O)N2CCC(C(=O)N[C@H](C(=O)O)C(C)C)CC2)cc1. The second kappa shape index (κ2) is 10.2. The Bertz CT molecular complexity index is 906. The Morgan fingerprint density at radius 2 is 1.61 bits per heavy atom. The fourth-order valence-corrected chi connectivity index (χ4v) is 4.69. The molecule has 0 aromatic heterocycles. The van der Waals surface area contributed by atoms with Gasteiger partial charge in [-0.15, -0.1) is 0 Å². The standard InChI is InChI=1S/C21H31N3O6S/c1-13(2)18(21(27)28)22-19(25)16-9-11-24(12-10-16)20(26)15(4)23-31(29,30)17-7-5-14(3)6-8-17/h5-8,13,15-16,18,23H,9-12H2,1-4H3,(H,22,25)(H,27,28)/t15-,18-/m0/s1. The van der Waals surface area contributed by atoms with E-state index < -0.39 is 28.1 Å². The van der Waals surface area contributed by atoms with E-state index in [2.05, 4.69) is 10.0 Å². The number of hydrogen-bond acceptors (Lipinski definition) is 5. The van der Waals surface area contributed by atoms with E-state index >= 15 is 0 Å². The lowest BCUT2D eigenvalue weighted by molar-refractivity contribution is -0.144. The molecular formula is C21H31N3O6S. The van der Waals surface area contributed by atoms with Crippen molar-refractivity contribution in [3.8, 4) is 0 Å². The molecule has 1 aromatic rings. The van der Waals surface area contributed by atoms with Gasteiger partial charge >= 0.3 is 5.97 Å². The number of sulfonamides is 1. The van der Waals surface area contributed by atoms with Crippen LogP contribution in [0, 0.1) is 18.8 Å². The highest BCUT2D eigenvalue weighted by Crippen LogP contribution is 2.19. The van der Waals surface area contributed by atoms with Gasteiger partial charge in [0.15, 0.2) is 0 Å². The van der Waals surface area contributed by atoms with Gasteiger partial charge < -0.3 is 15.3 Å². The number of carboxylic acids is 1. The zero-order valence-corrected chi connectivity index (χ0v) is 19.1. The van der Waals surface area contributed by atoms with Gasteiger partial charge in [-0.2, -0.15) is 4.72 Å². The maximum absolute atomic E-state index is 12.7. The summed E-state index contributed by atoms with van der Waals surface area (Å²) >= 11 is 0. The summed E-state index contributed by atoms with van der Waals surface area (Å²) in [4.78, 5) is 38.0. The predicted octanol–water partition coefficient (Wildman–Crippen LogP) is 1.13. The summed E-state index contributed by atoms with van der Waals surface area (Å²) < 4.78 is 27.4. The lowest BCUT2D eigenvalue weighted by atomic mass is 9.94. The van der Waals surface area contributed by atoms with Crippen molar-refractivity contribution in [1.29, 1.82) is 0 Å². The number of amides is 2. The van der Waals surface area contributed by atoms with Crippen LogP contribution in [0.3, 0.4) is 0 Å². The van der Waals surface area contributed by atoms with Crippen molar-refractivity contribution >= 4 is 27.8 Å². The molecule has 9 nitrogen and oxygen atoms in total. The maximum Gasteiger partial charge on any atom is 0.326 e. The van der Waals surface area contributed by atoms with Gasteiger partial charge in [0.1, 0.15) is 6.04 Å². The van der Waals surface area contributed by atoms with Gasteiger partial charge in [0.25, 0.3) is 0 Å². The highest BCUT2D eigenvalue weighted by atomic mass is 32.2. The third-order valence-electron chi connectivity index (χ3n) is 5.44. The summed E-state index contributed by atoms with van der Waals surface area (Å²) in [7, 11) is -3.83. The van der Waals surface area contributed by atoms with Crippen LogP contribution in [0.25, 0.3) is 0 Å². The third-order valence-corrected chi connectivity index (χ3v) is 7.00. The summed E-state index contributed by atoms with van der Waals surface area (Å²) in [6, 6.07) is 4.44. The molecule has 1 aliphatic rings. The minimum absolute atomic E-state index is 0.0891. The molecule has 0 bridgehead atoms. The number of carbonyl (C=O) groups excluding carboxylic acids is 2. The first-order chi connectivity index (χ1) is 14.4. The van der Waals surface area contributed by atoms with Crippen molar-refractivity contribution in [3.05, 3.63) is 29.8 Å². The van der Waals surface area contributed by atoms with Crippen molar-refractivity contribution in [2.45, 2.75) is 57.5 Å². The molecule has 0 aliphatic carbocycles. The summed E-state index contributed by atoms with van der Waals surface area (Å²) in [6.45, 7) is 7.39. The Balaban J connectivity index is 1.91. The van der Waals surface area contributed by atoms with Crippen LogP contribution in [0.2, 0.25) is 0 Å². The van der Waals surface area contributed by atoms with E-state index in [1.165, 1.54) is 24.0 Å². The second-order valence-corrected chi connectivity index (χ2v) is 10.0. The Morgan fingerprint density at radius 3 is 2.10 bits per heavy atom. The zero-order valence-electron chi connectivity index (χ0n) is 18.3.